The van der Waals surface area contributed by atoms with E-state index in [0.29, 0.717) is 11.3 Å². The number of hydrogen-bond acceptors (Lipinski definition) is 3. The van der Waals surface area contributed by atoms with Gasteiger partial charge in [-0.25, -0.2) is 9.48 Å². The van der Waals surface area contributed by atoms with Crippen molar-refractivity contribution in [2.24, 2.45) is 0 Å². The van der Waals surface area contributed by atoms with Crippen LogP contribution in [0.15, 0.2) is 78.9 Å². The maximum Gasteiger partial charge on any atom is 0.435 e. The molecule has 0 aliphatic carbocycles. The summed E-state index contributed by atoms with van der Waals surface area (Å²) >= 11 is 6.19. The number of carboxylic acid groups (broad SMARTS) is 1. The summed E-state index contributed by atoms with van der Waals surface area (Å²) in [6.07, 6.45) is -4.66. The SMILES string of the molecule is O=C(O)c1ccc(NC(=O)c2ccc(-c3cc(C(F)(F)F)nn3-c3ccccc3Cl)cc2)cc1.[HH]. The Balaban J connectivity index is 0.00000342. The summed E-state index contributed by atoms with van der Waals surface area (Å²) in [6.45, 7) is 0. The third-order valence-corrected chi connectivity index (χ3v) is 5.23. The molecule has 1 amide bonds. The van der Waals surface area contributed by atoms with Crippen molar-refractivity contribution >= 4 is 29.2 Å². The summed E-state index contributed by atoms with van der Waals surface area (Å²) in [5.41, 5.74) is 0.476. The Labute approximate surface area is 197 Å². The summed E-state index contributed by atoms with van der Waals surface area (Å²) in [7, 11) is 0. The van der Waals surface area contributed by atoms with Crippen molar-refractivity contribution in [3.63, 3.8) is 0 Å². The van der Waals surface area contributed by atoms with Crippen LogP contribution >= 0.6 is 11.6 Å². The zero-order chi connectivity index (χ0) is 24.5. The molecule has 0 radical (unpaired) electrons. The number of hydrogen-bond donors (Lipinski definition) is 2. The number of aromatic nitrogens is 2. The number of aromatic carboxylic acids is 1. The number of carbonyl (C=O) groups excluding carboxylic acids is 1. The van der Waals surface area contributed by atoms with Crippen molar-refractivity contribution in [3.8, 4) is 16.9 Å². The predicted molar refractivity (Wildman–Crippen MR) is 122 cm³/mol. The van der Waals surface area contributed by atoms with Gasteiger partial charge in [-0.05, 0) is 54.6 Å². The predicted octanol–water partition coefficient (Wildman–Crippen LogP) is 6.41. The minimum atomic E-state index is -4.66. The summed E-state index contributed by atoms with van der Waals surface area (Å²) < 4.78 is 41.2. The molecule has 10 heteroatoms. The maximum atomic E-state index is 13.4. The van der Waals surface area contributed by atoms with Crippen molar-refractivity contribution in [1.82, 2.24) is 9.78 Å². The zero-order valence-electron chi connectivity index (χ0n) is 17.2. The van der Waals surface area contributed by atoms with E-state index in [0.717, 1.165) is 10.7 Å². The van der Waals surface area contributed by atoms with E-state index in [1.54, 1.807) is 24.3 Å². The number of benzene rings is 3. The second-order valence-corrected chi connectivity index (χ2v) is 7.60. The Morgan fingerprint density at radius 1 is 0.941 bits per heavy atom. The first-order valence-electron chi connectivity index (χ1n) is 9.81. The highest BCUT2D eigenvalue weighted by molar-refractivity contribution is 6.32. The zero-order valence-corrected chi connectivity index (χ0v) is 17.9. The van der Waals surface area contributed by atoms with E-state index < -0.39 is 23.7 Å². The van der Waals surface area contributed by atoms with Crippen LogP contribution in [0.5, 0.6) is 0 Å². The van der Waals surface area contributed by atoms with Crippen LogP contribution in [0.25, 0.3) is 16.9 Å². The minimum absolute atomic E-state index is 0. The summed E-state index contributed by atoms with van der Waals surface area (Å²) in [6, 6.07) is 18.9. The van der Waals surface area contributed by atoms with Gasteiger partial charge in [0.1, 0.15) is 0 Å². The lowest BCUT2D eigenvalue weighted by Gasteiger charge is -2.10. The quantitative estimate of drug-likeness (QED) is 0.341. The van der Waals surface area contributed by atoms with Gasteiger partial charge in [0.15, 0.2) is 5.69 Å². The topological polar surface area (TPSA) is 84.2 Å². The third kappa shape index (κ3) is 4.79. The molecule has 6 nitrogen and oxygen atoms in total. The number of nitrogens with one attached hydrogen (secondary N) is 1. The van der Waals surface area contributed by atoms with Gasteiger partial charge in [-0.15, -0.1) is 0 Å². The second kappa shape index (κ2) is 9.03. The average Bonchev–Trinajstić information content (AvgIpc) is 3.26. The Bertz CT molecular complexity index is 1370. The van der Waals surface area contributed by atoms with Crippen LogP contribution in [-0.2, 0) is 6.18 Å². The van der Waals surface area contributed by atoms with E-state index in [-0.39, 0.29) is 29.0 Å². The fourth-order valence-corrected chi connectivity index (χ4v) is 3.44. The van der Waals surface area contributed by atoms with Gasteiger partial charge in [-0.1, -0.05) is 35.9 Å². The molecule has 1 aromatic heterocycles. The molecular weight excluding hydrogens is 471 g/mol. The number of halogens is 4. The number of carbonyl (C=O) groups is 2. The fraction of sp³-hybridized carbons (Fsp3) is 0.0417. The monoisotopic (exact) mass is 487 g/mol. The summed E-state index contributed by atoms with van der Waals surface area (Å²) in [5, 5.41) is 15.5. The summed E-state index contributed by atoms with van der Waals surface area (Å²) in [4.78, 5) is 23.5. The van der Waals surface area contributed by atoms with Crippen LogP contribution in [0.4, 0.5) is 18.9 Å². The molecule has 2 N–H and O–H groups in total. The number of rotatable bonds is 5. The van der Waals surface area contributed by atoms with Gasteiger partial charge in [0, 0.05) is 18.2 Å². The molecule has 0 atom stereocenters. The first-order chi connectivity index (χ1) is 16.1. The van der Waals surface area contributed by atoms with E-state index >= 15 is 0 Å². The number of nitrogens with zero attached hydrogens (tertiary/aromatic N) is 2. The molecule has 0 fully saturated rings. The largest absolute Gasteiger partial charge is 0.478 e. The van der Waals surface area contributed by atoms with Gasteiger partial charge in [-0.3, -0.25) is 4.79 Å². The molecule has 0 aliphatic rings. The van der Waals surface area contributed by atoms with Crippen LogP contribution in [0, 0.1) is 0 Å². The fourth-order valence-electron chi connectivity index (χ4n) is 3.22. The average molecular weight is 488 g/mol. The first-order valence-corrected chi connectivity index (χ1v) is 10.2. The summed E-state index contributed by atoms with van der Waals surface area (Å²) in [5.74, 6) is -1.55. The Hall–Kier alpha value is -4.11. The molecule has 1 heterocycles. The number of carboxylic acids is 1. The van der Waals surface area contributed by atoms with Crippen LogP contribution < -0.4 is 5.32 Å². The highest BCUT2D eigenvalue weighted by atomic mass is 35.5. The number of anilines is 1. The lowest BCUT2D eigenvalue weighted by molar-refractivity contribution is -0.141. The van der Waals surface area contributed by atoms with Crippen molar-refractivity contribution in [1.29, 1.82) is 0 Å². The maximum absolute atomic E-state index is 13.4. The van der Waals surface area contributed by atoms with E-state index in [2.05, 4.69) is 10.4 Å². The van der Waals surface area contributed by atoms with Crippen LogP contribution in [0.2, 0.25) is 5.02 Å². The number of alkyl halides is 3. The first kappa shape index (κ1) is 23.1. The lowest BCUT2D eigenvalue weighted by Crippen LogP contribution is -2.12. The smallest absolute Gasteiger partial charge is 0.435 e. The molecule has 0 bridgehead atoms. The van der Waals surface area contributed by atoms with E-state index in [1.807, 2.05) is 0 Å². The molecule has 0 aliphatic heterocycles. The van der Waals surface area contributed by atoms with Crippen molar-refractivity contribution < 1.29 is 29.3 Å². The molecule has 0 spiro atoms. The molecule has 174 valence electrons. The van der Waals surface area contributed by atoms with Crippen molar-refractivity contribution in [2.45, 2.75) is 6.18 Å². The number of amides is 1. The van der Waals surface area contributed by atoms with Gasteiger partial charge in [0.05, 0.1) is 22.0 Å². The Morgan fingerprint density at radius 2 is 1.56 bits per heavy atom. The van der Waals surface area contributed by atoms with E-state index in [9.17, 15) is 22.8 Å². The van der Waals surface area contributed by atoms with E-state index in [4.69, 9.17) is 16.7 Å². The van der Waals surface area contributed by atoms with Crippen LogP contribution in [0.1, 0.15) is 27.8 Å². The van der Waals surface area contributed by atoms with Crippen molar-refractivity contribution in [3.05, 3.63) is 101 Å². The molecule has 34 heavy (non-hydrogen) atoms. The van der Waals surface area contributed by atoms with Gasteiger partial charge >= 0.3 is 12.1 Å². The molecular formula is C24H17ClF3N3O3. The highest BCUT2D eigenvalue weighted by Gasteiger charge is 2.35. The van der Waals surface area contributed by atoms with Gasteiger partial charge in [0.2, 0.25) is 0 Å². The molecule has 4 rings (SSSR count). The second-order valence-electron chi connectivity index (χ2n) is 7.19. The molecule has 3 aromatic carbocycles. The number of para-hydroxylation sites is 1. The van der Waals surface area contributed by atoms with Gasteiger partial charge in [-0.2, -0.15) is 18.3 Å². The van der Waals surface area contributed by atoms with Gasteiger partial charge in [0.25, 0.3) is 5.91 Å². The molecule has 4 aromatic rings. The standard InChI is InChI=1S/C24H15ClF3N3O3.H2/c25-18-3-1-2-4-19(18)31-20(13-21(30-31)24(26,27)28)14-5-7-15(8-6-14)22(32)29-17-11-9-16(10-12-17)23(33)34;/h1-13H,(H,29,32)(H,33,34);1H. The van der Waals surface area contributed by atoms with Crippen LogP contribution in [0.3, 0.4) is 0 Å². The Morgan fingerprint density at radius 3 is 2.15 bits per heavy atom. The van der Waals surface area contributed by atoms with Crippen LogP contribution in [-0.4, -0.2) is 26.8 Å². The Kier molecular flexibility index (Phi) is 6.12. The minimum Gasteiger partial charge on any atom is -0.478 e. The van der Waals surface area contributed by atoms with E-state index in [1.165, 1.54) is 48.5 Å². The third-order valence-electron chi connectivity index (χ3n) is 4.91. The lowest BCUT2D eigenvalue weighted by atomic mass is 10.1. The molecule has 0 saturated carbocycles. The van der Waals surface area contributed by atoms with Gasteiger partial charge < -0.3 is 10.4 Å². The molecule has 0 saturated heterocycles. The highest BCUT2D eigenvalue weighted by Crippen LogP contribution is 2.34. The normalized spacial score (nSPS) is 11.3. The van der Waals surface area contributed by atoms with Crippen molar-refractivity contribution in [2.75, 3.05) is 5.32 Å². The molecule has 0 unspecified atom stereocenters.